The van der Waals surface area contributed by atoms with Crippen molar-refractivity contribution in [3.8, 4) is 0 Å². The lowest BCUT2D eigenvalue weighted by Gasteiger charge is -2.17. The van der Waals surface area contributed by atoms with Crippen molar-refractivity contribution in [1.82, 2.24) is 10.3 Å². The number of ketones is 1. The molecule has 1 heterocycles. The average molecular weight is 501 g/mol. The van der Waals surface area contributed by atoms with Crippen LogP contribution in [-0.2, 0) is 19.1 Å². The van der Waals surface area contributed by atoms with Gasteiger partial charge in [-0.3, -0.25) is 9.59 Å². The van der Waals surface area contributed by atoms with Gasteiger partial charge < -0.3 is 14.8 Å². The minimum absolute atomic E-state index is 0.0438. The number of aromatic nitrogens is 1. The van der Waals surface area contributed by atoms with Crippen molar-refractivity contribution in [2.45, 2.75) is 80.9 Å². The number of nitrogens with zero attached hydrogens (tertiary/aromatic N) is 1. The summed E-state index contributed by atoms with van der Waals surface area (Å²) in [5, 5.41) is 3.43. The van der Waals surface area contributed by atoms with Gasteiger partial charge in [-0.1, -0.05) is 43.8 Å². The zero-order valence-corrected chi connectivity index (χ0v) is 23.2. The molecule has 0 bridgehead atoms. The maximum Gasteiger partial charge on any atom is 0.330 e. The fourth-order valence-corrected chi connectivity index (χ4v) is 2.20. The van der Waals surface area contributed by atoms with Gasteiger partial charge in [0.2, 0.25) is 0 Å². The lowest BCUT2D eigenvalue weighted by atomic mass is 9.90. The lowest BCUT2D eigenvalue weighted by molar-refractivity contribution is -0.134. The van der Waals surface area contributed by atoms with Crippen LogP contribution in [0.3, 0.4) is 0 Å². The van der Waals surface area contributed by atoms with Crippen LogP contribution in [0.1, 0.15) is 79.7 Å². The molecule has 0 spiro atoms. The fourth-order valence-electron chi connectivity index (χ4n) is 1.68. The molecule has 7 nitrogen and oxygen atoms in total. The van der Waals surface area contributed by atoms with Gasteiger partial charge in [0, 0.05) is 22.9 Å². The van der Waals surface area contributed by atoms with Crippen LogP contribution >= 0.6 is 11.3 Å². The average Bonchev–Trinajstić information content (AvgIpc) is 3.10. The molecule has 0 atom stereocenters. The Morgan fingerprint density at radius 1 is 1.15 bits per heavy atom. The van der Waals surface area contributed by atoms with E-state index < -0.39 is 5.26 Å². The molecule has 0 saturated heterocycles. The molecule has 1 N–H and O–H groups in total. The molecule has 9 heteroatoms. The number of amides is 1. The first kappa shape index (κ1) is 33.8. The van der Waals surface area contributed by atoms with Crippen molar-refractivity contribution in [3.05, 3.63) is 40.1 Å². The zero-order valence-electron chi connectivity index (χ0n) is 22.4. The van der Waals surface area contributed by atoms with Crippen molar-refractivity contribution in [1.29, 1.82) is 0 Å². The van der Waals surface area contributed by atoms with Gasteiger partial charge in [0.15, 0.2) is 5.78 Å². The molecule has 0 aliphatic rings. The van der Waals surface area contributed by atoms with E-state index in [1.807, 2.05) is 69.2 Å². The summed E-state index contributed by atoms with van der Waals surface area (Å²) < 4.78 is 22.1. The van der Waals surface area contributed by atoms with Crippen molar-refractivity contribution in [2.24, 2.45) is 5.41 Å². The number of esters is 1. The Morgan fingerprint density at radius 3 is 2.03 bits per heavy atom. The Labute approximate surface area is 207 Å². The van der Waals surface area contributed by atoms with E-state index in [2.05, 4.69) is 15.0 Å². The summed E-state index contributed by atoms with van der Waals surface area (Å²) in [6.07, 6.45) is 4.68. The molecule has 1 amide bonds. The lowest BCUT2D eigenvalue weighted by Crippen LogP contribution is -2.30. The molecule has 0 radical (unpaired) electrons. The van der Waals surface area contributed by atoms with Crippen molar-refractivity contribution in [2.75, 3.05) is 13.7 Å². The largest absolute Gasteiger partial charge is 0.466 e. The number of methoxy groups -OCH3 is 1. The molecule has 0 aliphatic heterocycles. The van der Waals surface area contributed by atoms with Gasteiger partial charge in [-0.15, -0.1) is 0 Å². The Hall–Kier alpha value is -2.39. The van der Waals surface area contributed by atoms with Gasteiger partial charge in [0.25, 0.3) is 11.2 Å². The normalized spacial score (nSPS) is 11.1. The monoisotopic (exact) mass is 500 g/mol. The zero-order chi connectivity index (χ0) is 27.1. The molecule has 1 aromatic rings. The molecule has 0 saturated carbocycles. The highest BCUT2D eigenvalue weighted by atomic mass is 32.1. The van der Waals surface area contributed by atoms with Crippen molar-refractivity contribution >= 4 is 29.0 Å². The third-order valence-electron chi connectivity index (χ3n) is 3.36. The third kappa shape index (κ3) is 20.2. The number of carbonyl (C=O) groups excluding carboxylic acids is 3. The minimum atomic E-state index is -0.580. The number of rotatable bonds is 6. The summed E-state index contributed by atoms with van der Waals surface area (Å²) in [6, 6.07) is 0.0438. The first-order chi connectivity index (χ1) is 15.4. The van der Waals surface area contributed by atoms with Crippen LogP contribution in [0.25, 0.3) is 0 Å². The van der Waals surface area contributed by atoms with Crippen LogP contribution in [-0.4, -0.2) is 48.0 Å². The number of ether oxygens (including phenoxy) is 2. The number of carbonyl (C=O) groups is 3. The van der Waals surface area contributed by atoms with Crippen LogP contribution in [0.15, 0.2) is 29.2 Å². The summed E-state index contributed by atoms with van der Waals surface area (Å²) in [6.45, 7) is 19.6. The predicted molar refractivity (Wildman–Crippen MR) is 135 cm³/mol. The van der Waals surface area contributed by atoms with Crippen LogP contribution in [0.4, 0.5) is 4.39 Å². The second kappa shape index (κ2) is 16.3. The van der Waals surface area contributed by atoms with Crippen molar-refractivity contribution < 1.29 is 28.2 Å². The second-order valence-corrected chi connectivity index (χ2v) is 10.6. The number of halogens is 1. The Bertz CT molecular complexity index is 827. The van der Waals surface area contributed by atoms with Gasteiger partial charge in [0.1, 0.15) is 5.69 Å². The summed E-state index contributed by atoms with van der Waals surface area (Å²) in [5.74, 6) is -0.481. The summed E-state index contributed by atoms with van der Waals surface area (Å²) in [4.78, 5) is 36.3. The Balaban J connectivity index is 0. The molecule has 1 aromatic heterocycles. The highest BCUT2D eigenvalue weighted by Crippen LogP contribution is 2.15. The van der Waals surface area contributed by atoms with Gasteiger partial charge in [0.05, 0.1) is 19.3 Å². The fraction of sp³-hybridized carbons (Fsp3) is 0.600. The van der Waals surface area contributed by atoms with Gasteiger partial charge >= 0.3 is 5.97 Å². The number of thiazole rings is 1. The molecule has 0 fully saturated rings. The Kier molecular flexibility index (Phi) is 16.2. The van der Waals surface area contributed by atoms with Gasteiger partial charge in [-0.2, -0.15) is 4.39 Å². The molecule has 194 valence electrons. The first-order valence-corrected chi connectivity index (χ1v) is 11.8. The van der Waals surface area contributed by atoms with E-state index in [0.717, 1.165) is 16.9 Å². The molecule has 0 unspecified atom stereocenters. The standard InChI is InChI=1S/C9H16O3.C9H16O.C7H9FN2OS/c1-9(2,3)12-7-5-6-8(10)11-4;1-7(2)6-8(10)9(3,4)5;1-4(2)9-6(11)5-3-12-7(8)10-5/h5-6H,7H2,1-4H3;6H,1-5H3;3-4H,1-2H3,(H,9,11)/b6-5+;;. The van der Waals surface area contributed by atoms with E-state index in [-0.39, 0.29) is 40.4 Å². The van der Waals surface area contributed by atoms with Crippen LogP contribution < -0.4 is 5.32 Å². The number of allylic oxidation sites excluding steroid dienone is 2. The molecule has 1 rings (SSSR count). The molecular weight excluding hydrogens is 459 g/mol. The smallest absolute Gasteiger partial charge is 0.330 e. The summed E-state index contributed by atoms with van der Waals surface area (Å²) >= 11 is 0.821. The molecule has 0 aliphatic carbocycles. The molecular formula is C25H41FN2O5S. The van der Waals surface area contributed by atoms with E-state index >= 15 is 0 Å². The highest BCUT2D eigenvalue weighted by Gasteiger charge is 2.18. The topological polar surface area (TPSA) is 94.6 Å². The van der Waals surface area contributed by atoms with E-state index in [4.69, 9.17) is 4.74 Å². The second-order valence-electron chi connectivity index (χ2n) is 9.80. The number of hydrogen-bond acceptors (Lipinski definition) is 7. The third-order valence-corrected chi connectivity index (χ3v) is 3.98. The maximum absolute atomic E-state index is 12.4. The SMILES string of the molecule is CC(C)=CC(=O)C(C)(C)C.CC(C)NC(=O)c1csc(F)n1.COC(=O)/C=C/COC(C)(C)C. The first-order valence-electron chi connectivity index (χ1n) is 10.9. The summed E-state index contributed by atoms with van der Waals surface area (Å²) in [5.41, 5.74) is 0.823. The van der Waals surface area contributed by atoms with E-state index in [0.29, 0.717) is 6.61 Å². The highest BCUT2D eigenvalue weighted by molar-refractivity contribution is 7.08. The minimum Gasteiger partial charge on any atom is -0.466 e. The molecule has 0 aromatic carbocycles. The molecule has 34 heavy (non-hydrogen) atoms. The summed E-state index contributed by atoms with van der Waals surface area (Å²) in [7, 11) is 1.34. The van der Waals surface area contributed by atoms with Crippen molar-refractivity contribution in [3.63, 3.8) is 0 Å². The number of nitrogens with one attached hydrogen (secondary N) is 1. The number of hydrogen-bond donors (Lipinski definition) is 1. The maximum atomic E-state index is 12.4. The van der Waals surface area contributed by atoms with Gasteiger partial charge in [-0.25, -0.2) is 9.78 Å². The predicted octanol–water partition coefficient (Wildman–Crippen LogP) is 5.52. The quantitative estimate of drug-likeness (QED) is 0.408. The van der Waals surface area contributed by atoms with E-state index in [1.54, 1.807) is 12.2 Å². The van der Waals surface area contributed by atoms with Gasteiger partial charge in [-0.05, 0) is 54.5 Å². The van der Waals surface area contributed by atoms with Crippen LogP contribution in [0.2, 0.25) is 0 Å². The van der Waals surface area contributed by atoms with E-state index in [9.17, 15) is 18.8 Å². The van der Waals surface area contributed by atoms with E-state index in [1.165, 1.54) is 18.6 Å². The van der Waals surface area contributed by atoms with Crippen LogP contribution in [0.5, 0.6) is 0 Å². The van der Waals surface area contributed by atoms with Crippen LogP contribution in [0, 0.1) is 10.7 Å². The Morgan fingerprint density at radius 2 is 1.71 bits per heavy atom.